The predicted octanol–water partition coefficient (Wildman–Crippen LogP) is -1.21. The van der Waals surface area contributed by atoms with Crippen molar-refractivity contribution in [2.24, 2.45) is 11.8 Å². The molecule has 5 heterocycles. The van der Waals surface area contributed by atoms with Crippen LogP contribution in [0.1, 0.15) is 89.2 Å². The summed E-state index contributed by atoms with van der Waals surface area (Å²) in [6.45, 7) is 2.10. The molecule has 9 rings (SSSR count). The summed E-state index contributed by atoms with van der Waals surface area (Å²) >= 11 is 1.42. The van der Waals surface area contributed by atoms with E-state index >= 15 is 0 Å². The van der Waals surface area contributed by atoms with Gasteiger partial charge in [0.2, 0.25) is 35.4 Å². The van der Waals surface area contributed by atoms with Gasteiger partial charge in [0, 0.05) is 82.0 Å². The van der Waals surface area contributed by atoms with Crippen LogP contribution in [0.5, 0.6) is 11.5 Å². The van der Waals surface area contributed by atoms with Crippen LogP contribution in [0.15, 0.2) is 66.7 Å². The second kappa shape index (κ2) is 32.8. The van der Waals surface area contributed by atoms with Crippen LogP contribution in [0.3, 0.4) is 0 Å². The monoisotopic (exact) mass is 1340 g/mol. The quantitative estimate of drug-likeness (QED) is 0.0494. The normalized spacial score (nSPS) is 27.2. The number of aromatic hydroxyl groups is 1. The molecule has 95 heavy (non-hydrogen) atoms. The molecule has 0 bridgehead atoms. The minimum atomic E-state index is -2.04. The van der Waals surface area contributed by atoms with Crippen LogP contribution >= 0.6 is 11.3 Å². The smallest absolute Gasteiger partial charge is 0.248 e. The number of aliphatic hydroxyl groups is 8. The molecule has 28 nitrogen and oxygen atoms in total. The van der Waals surface area contributed by atoms with E-state index in [1.54, 1.807) is 19.1 Å². The van der Waals surface area contributed by atoms with Gasteiger partial charge in [0.05, 0.1) is 74.6 Å². The molecule has 4 aliphatic heterocycles. The zero-order valence-corrected chi connectivity index (χ0v) is 54.9. The molecule has 6 amide bonds. The summed E-state index contributed by atoms with van der Waals surface area (Å²) in [5, 5.41) is 125. The first-order chi connectivity index (χ1) is 45.5. The maximum Gasteiger partial charge on any atom is 0.248 e. The molecule has 0 radical (unpaired) electrons. The summed E-state index contributed by atoms with van der Waals surface area (Å²) in [6.07, 6.45) is -3.13. The van der Waals surface area contributed by atoms with E-state index < -0.39 is 166 Å². The lowest BCUT2D eigenvalue weighted by molar-refractivity contribution is -0.147. The minimum absolute atomic E-state index is 0.00110. The minimum Gasteiger partial charge on any atom is -0.504 e. The fraction of sp³-hybridized carbons (Fsp3) is 0.606. The summed E-state index contributed by atoms with van der Waals surface area (Å²) < 4.78 is 11.5. The Morgan fingerprint density at radius 2 is 1.34 bits per heavy atom. The third-order valence-electron chi connectivity index (χ3n) is 19.5. The van der Waals surface area contributed by atoms with Gasteiger partial charge in [-0.1, -0.05) is 67.9 Å². The van der Waals surface area contributed by atoms with E-state index in [0.717, 1.165) is 57.6 Å². The zero-order chi connectivity index (χ0) is 68.3. The van der Waals surface area contributed by atoms with E-state index in [9.17, 15) is 74.7 Å². The highest BCUT2D eigenvalue weighted by Gasteiger charge is 2.50. The highest BCUT2D eigenvalue weighted by atomic mass is 32.1. The Balaban J connectivity index is 0.950. The Bertz CT molecular complexity index is 3240. The van der Waals surface area contributed by atoms with Gasteiger partial charge >= 0.3 is 0 Å². The molecule has 0 spiro atoms. The van der Waals surface area contributed by atoms with Crippen molar-refractivity contribution in [1.29, 1.82) is 0 Å². The van der Waals surface area contributed by atoms with Crippen molar-refractivity contribution in [3.05, 3.63) is 77.9 Å². The maximum absolute atomic E-state index is 15.0. The van der Waals surface area contributed by atoms with Crippen LogP contribution in [0.25, 0.3) is 21.1 Å². The zero-order valence-electron chi connectivity index (χ0n) is 54.1. The highest BCUT2D eigenvalue weighted by Crippen LogP contribution is 2.43. The third kappa shape index (κ3) is 17.4. The SMILES string of the molecule is COc1cc(C[C@@H](O)[C@@H]2NC(=O)[C@@H]3C[C@@H](O)CN3C(=O)[C@H]([C@@H](C)O)NC(=O)[C@@H](NCc3ccc(-c4nnc(-c5ccc(N6CCC(OC)(C7CCCCC7)CC6)cc5)s4)cc3)C[C@@H](O)CNC(=O)[C@@H]3[C@@H](O)[C@@H](C)CN3C(=O)[C@H]([C@H](O)CCNC(CO)CO)NC2=O)ccc1O. The van der Waals surface area contributed by atoms with Crippen molar-refractivity contribution in [3.63, 3.8) is 0 Å². The number of carbonyl (C=O) groups excluding carboxylic acids is 6. The third-order valence-corrected chi connectivity index (χ3v) is 20.5. The molecule has 15 N–H and O–H groups in total. The first-order valence-corrected chi connectivity index (χ1v) is 33.6. The highest BCUT2D eigenvalue weighted by molar-refractivity contribution is 7.17. The van der Waals surface area contributed by atoms with Crippen molar-refractivity contribution in [3.8, 4) is 32.6 Å². The number of hydrogen-bond donors (Lipinski definition) is 15. The Morgan fingerprint density at radius 1 is 0.716 bits per heavy atom. The molecule has 4 saturated heterocycles. The summed E-state index contributed by atoms with van der Waals surface area (Å²) in [7, 11) is 3.15. The first kappa shape index (κ1) is 72.3. The summed E-state index contributed by atoms with van der Waals surface area (Å²) in [6, 6.07) is 8.34. The van der Waals surface area contributed by atoms with Crippen LogP contribution in [-0.2, 0) is 46.5 Å². The van der Waals surface area contributed by atoms with Gasteiger partial charge in [-0.2, -0.15) is 0 Å². The molecule has 1 aliphatic carbocycles. The van der Waals surface area contributed by atoms with Crippen LogP contribution in [0.4, 0.5) is 5.69 Å². The lowest BCUT2D eigenvalue weighted by Gasteiger charge is -2.47. The summed E-state index contributed by atoms with van der Waals surface area (Å²) in [5.41, 5.74) is 3.72. The summed E-state index contributed by atoms with van der Waals surface area (Å²) in [5.74, 6) is -6.81. The standard InChI is InChI=1S/C66H93N11O17S/c1-36-32-77-56(57(36)86)61(90)69-31-45(81)28-47(68-30-38-10-13-40(14-11-38)62-73-74-63(95-62)41-15-17-44(18-16-41)75-24-21-66(94-4,22-25-75)42-8-6-5-7-9-42)58(87)70-53(37(2)80)64(91)76-33-46(82)29-48(76)59(88)71-54(51(85)26-39-12-19-49(83)52(27-39)93-3)60(89)72-55(65(77)92)50(84)20-23-67-43(34-78)35-79/h10-19,27,36-37,42-43,45-48,50-51,53-57,67-68,78-86H,5-9,20-26,28-35H2,1-4H3,(H,69,90)(H,70,87)(H,71,88)(H,72,89)/t36-,37+,45+,46+,47-,48-,50+,51+,53-,54-,55-,56-,57-/m0/s1. The van der Waals surface area contributed by atoms with Crippen molar-refractivity contribution in [2.75, 3.05) is 71.6 Å². The van der Waals surface area contributed by atoms with Gasteiger partial charge in [0.15, 0.2) is 11.5 Å². The fourth-order valence-electron chi connectivity index (χ4n) is 13.8. The number of rotatable bonds is 20. The molecule has 5 aliphatic rings. The second-order valence-electron chi connectivity index (χ2n) is 26.0. The number of fused-ring (bicyclic) bond motifs is 2. The Morgan fingerprint density at radius 3 is 1.97 bits per heavy atom. The van der Waals surface area contributed by atoms with Crippen LogP contribution in [0.2, 0.25) is 0 Å². The number of aromatic nitrogens is 2. The Kier molecular flexibility index (Phi) is 25.0. The molecule has 1 aromatic heterocycles. The number of ether oxygens (including phenoxy) is 2. The van der Waals surface area contributed by atoms with Crippen molar-refractivity contribution < 1.29 is 84.2 Å². The number of aliphatic hydroxyl groups excluding tert-OH is 8. The number of phenols is 1. The average Bonchev–Trinajstić information content (AvgIpc) is 1.78. The number of piperidine rings is 1. The summed E-state index contributed by atoms with van der Waals surface area (Å²) in [4.78, 5) is 92.4. The molecular formula is C66H93N11O17S. The maximum atomic E-state index is 15.0. The number of anilines is 1. The molecule has 5 fully saturated rings. The van der Waals surface area contributed by atoms with Crippen LogP contribution in [0, 0.1) is 11.8 Å². The molecule has 0 unspecified atom stereocenters. The number of β-amino-alcohol motifs (C(OH)–C–C–N with tert-alkyl or cyclic N) is 1. The lowest BCUT2D eigenvalue weighted by Crippen LogP contribution is -2.64. The number of hydrogen-bond acceptors (Lipinski definition) is 23. The molecule has 1 saturated carbocycles. The van der Waals surface area contributed by atoms with Gasteiger partial charge in [0.25, 0.3) is 0 Å². The molecule has 3 aromatic carbocycles. The second-order valence-corrected chi connectivity index (χ2v) is 26.9. The van der Waals surface area contributed by atoms with Crippen LogP contribution in [-0.4, -0.2) is 253 Å². The van der Waals surface area contributed by atoms with E-state index in [-0.39, 0.29) is 48.7 Å². The molecule has 4 aromatic rings. The largest absolute Gasteiger partial charge is 0.504 e. The van der Waals surface area contributed by atoms with E-state index in [4.69, 9.17) is 9.47 Å². The number of methoxy groups -OCH3 is 2. The van der Waals surface area contributed by atoms with Crippen molar-refractivity contribution in [2.45, 2.75) is 176 Å². The fourth-order valence-corrected chi connectivity index (χ4v) is 14.6. The van der Waals surface area contributed by atoms with E-state index in [1.165, 1.54) is 75.7 Å². The van der Waals surface area contributed by atoms with Gasteiger partial charge in [-0.3, -0.25) is 28.8 Å². The molecule has 13 atom stereocenters. The number of nitrogens with one attached hydrogen (secondary N) is 6. The number of amides is 6. The molecule has 520 valence electrons. The van der Waals surface area contributed by atoms with Crippen LogP contribution < -0.4 is 41.5 Å². The van der Waals surface area contributed by atoms with Gasteiger partial charge < -0.3 is 102 Å². The number of nitrogens with zero attached hydrogens (tertiary/aromatic N) is 5. The Hall–Kier alpha value is -7.00. The van der Waals surface area contributed by atoms with Crippen molar-refractivity contribution >= 4 is 52.5 Å². The average molecular weight is 1340 g/mol. The number of benzene rings is 3. The lowest BCUT2D eigenvalue weighted by atomic mass is 9.72. The molecule has 29 heteroatoms. The van der Waals surface area contributed by atoms with Gasteiger partial charge in [0.1, 0.15) is 40.2 Å². The van der Waals surface area contributed by atoms with E-state index in [0.29, 0.717) is 16.5 Å². The molecular weight excluding hydrogens is 1250 g/mol. The number of phenolic OH excluding ortho intramolecular Hbond substituents is 1. The van der Waals surface area contributed by atoms with Gasteiger partial charge in [-0.05, 0) is 105 Å². The first-order valence-electron chi connectivity index (χ1n) is 32.8. The van der Waals surface area contributed by atoms with Gasteiger partial charge in [-0.15, -0.1) is 10.2 Å². The van der Waals surface area contributed by atoms with E-state index in [1.807, 2.05) is 19.2 Å². The van der Waals surface area contributed by atoms with E-state index in [2.05, 4.69) is 71.3 Å². The Labute approximate surface area is 555 Å². The van der Waals surface area contributed by atoms with Gasteiger partial charge in [-0.25, -0.2) is 0 Å². The number of carbonyl (C=O) groups is 6. The predicted molar refractivity (Wildman–Crippen MR) is 348 cm³/mol. The van der Waals surface area contributed by atoms with Crippen molar-refractivity contribution in [1.82, 2.24) is 51.9 Å². The topological polar surface area (TPSA) is 411 Å².